The van der Waals surface area contributed by atoms with Gasteiger partial charge in [-0.05, 0) is 11.1 Å². The summed E-state index contributed by atoms with van der Waals surface area (Å²) in [5.41, 5.74) is 1.26. The zero-order valence-corrected chi connectivity index (χ0v) is 9.19. The average molecular weight is 269 g/mol. The fourth-order valence-electron chi connectivity index (χ4n) is 1.60. The summed E-state index contributed by atoms with van der Waals surface area (Å²) >= 11 is 0. The summed E-state index contributed by atoms with van der Waals surface area (Å²) in [5, 5.41) is 19.5. The van der Waals surface area contributed by atoms with Crippen molar-refractivity contribution in [1.82, 2.24) is 0 Å². The van der Waals surface area contributed by atoms with Crippen LogP contribution in [-0.2, 0) is 0 Å². The van der Waals surface area contributed by atoms with Crippen molar-refractivity contribution in [2.24, 2.45) is 0 Å². The van der Waals surface area contributed by atoms with Crippen molar-refractivity contribution in [2.45, 2.75) is 0 Å². The Morgan fingerprint density at radius 2 is 1.37 bits per heavy atom. The monoisotopic (exact) mass is 269 g/mol. The molecule has 0 aliphatic carbocycles. The number of benzene rings is 2. The van der Waals surface area contributed by atoms with Crippen molar-refractivity contribution in [2.75, 3.05) is 0 Å². The first kappa shape index (κ1) is 15.3. The van der Waals surface area contributed by atoms with Crippen LogP contribution >= 0.6 is 0 Å². The molecule has 92 valence electrons. The first-order valence-corrected chi connectivity index (χ1v) is 5.09. The van der Waals surface area contributed by atoms with Crippen LogP contribution in [0.5, 0.6) is 0 Å². The number of nitro groups is 1. The molecule has 0 fully saturated rings. The molecule has 0 spiro atoms. The van der Waals surface area contributed by atoms with Gasteiger partial charge in [-0.15, -0.1) is 0 Å². The van der Waals surface area contributed by atoms with E-state index < -0.39 is 4.92 Å². The van der Waals surface area contributed by atoms with Gasteiger partial charge in [-0.1, -0.05) is 24.3 Å². The Morgan fingerprint density at radius 3 is 1.84 bits per heavy atom. The van der Waals surface area contributed by atoms with Crippen molar-refractivity contribution >= 4 is 40.9 Å². The van der Waals surface area contributed by atoms with Gasteiger partial charge in [0.1, 0.15) is 0 Å². The molecule has 19 heavy (non-hydrogen) atoms. The molecule has 0 aliphatic rings. The summed E-state index contributed by atoms with van der Waals surface area (Å²) in [6, 6.07) is 12.2. The molecule has 2 aromatic carbocycles. The van der Waals surface area contributed by atoms with Crippen LogP contribution in [0.4, 0.5) is 11.4 Å². The van der Waals surface area contributed by atoms with Gasteiger partial charge in [-0.3, -0.25) is 10.1 Å². The predicted octanol–water partition coefficient (Wildman–Crippen LogP) is 2.41. The third-order valence-corrected chi connectivity index (χ3v) is 2.46. The molecule has 2 rings (SSSR count). The Kier molecular flexibility index (Phi) is 5.17. The first-order valence-electron chi connectivity index (χ1n) is 5.09. The zero-order valence-electron chi connectivity index (χ0n) is 9.19. The van der Waals surface area contributed by atoms with E-state index in [-0.39, 0.29) is 45.9 Å². The van der Waals surface area contributed by atoms with Crippen molar-refractivity contribution in [3.63, 3.8) is 0 Å². The van der Waals surface area contributed by atoms with Crippen molar-refractivity contribution in [3.05, 3.63) is 63.6 Å². The number of rotatable bonds is 3. The van der Waals surface area contributed by atoms with Gasteiger partial charge >= 0.3 is 35.2 Å². The number of nitro benzene ring substituents is 1. The van der Waals surface area contributed by atoms with Gasteiger partial charge in [0.25, 0.3) is 10.6 Å². The van der Waals surface area contributed by atoms with E-state index in [1.807, 2.05) is 0 Å². The van der Waals surface area contributed by atoms with E-state index in [2.05, 4.69) is 0 Å². The van der Waals surface area contributed by atoms with Gasteiger partial charge in [-0.25, -0.2) is 5.21 Å². The van der Waals surface area contributed by atoms with Crippen LogP contribution in [0.15, 0.2) is 48.5 Å². The molecule has 0 bridgehead atoms. The third kappa shape index (κ3) is 3.60. The SMILES string of the molecule is O=[N+]([O-])c1cccc(-c2cccc([N+](=O)O)c2)c1.[NaH]. The zero-order chi connectivity index (χ0) is 13.1. The van der Waals surface area contributed by atoms with Gasteiger partial charge < -0.3 is 0 Å². The van der Waals surface area contributed by atoms with Crippen LogP contribution in [0, 0.1) is 15.0 Å². The fourth-order valence-corrected chi connectivity index (χ4v) is 1.60. The summed E-state index contributed by atoms with van der Waals surface area (Å²) in [5.74, 6) is 0. The Bertz CT molecular complexity index is 575. The molecule has 0 aliphatic heterocycles. The Hall–Kier alpha value is -1.76. The molecule has 2 aromatic rings. The van der Waals surface area contributed by atoms with E-state index >= 15 is 0 Å². The van der Waals surface area contributed by atoms with Crippen LogP contribution in [-0.4, -0.2) is 44.6 Å². The molecule has 0 atom stereocenters. The first-order chi connectivity index (χ1) is 8.58. The maximum atomic E-state index is 10.8. The molecule has 1 N–H and O–H groups in total. The normalized spacial score (nSPS) is 9.47. The van der Waals surface area contributed by atoms with Gasteiger partial charge in [0, 0.05) is 24.3 Å². The third-order valence-electron chi connectivity index (χ3n) is 2.46. The molecule has 6 nitrogen and oxygen atoms in total. The van der Waals surface area contributed by atoms with Crippen LogP contribution in [0.3, 0.4) is 0 Å². The molecule has 0 heterocycles. The summed E-state index contributed by atoms with van der Waals surface area (Å²) < 4.78 is 0. The minimum atomic E-state index is -0.487. The van der Waals surface area contributed by atoms with E-state index in [4.69, 9.17) is 5.21 Å². The van der Waals surface area contributed by atoms with Crippen molar-refractivity contribution in [1.29, 1.82) is 0 Å². The fraction of sp³-hybridized carbons (Fsp3) is 0. The Labute approximate surface area is 130 Å². The van der Waals surface area contributed by atoms with Crippen LogP contribution in [0.2, 0.25) is 0 Å². The van der Waals surface area contributed by atoms with Crippen LogP contribution in [0.25, 0.3) is 11.1 Å². The summed E-state index contributed by atoms with van der Waals surface area (Å²) in [7, 11) is 0. The van der Waals surface area contributed by atoms with Gasteiger partial charge in [0.05, 0.1) is 9.83 Å². The van der Waals surface area contributed by atoms with Gasteiger partial charge in [0.15, 0.2) is 0 Å². The van der Waals surface area contributed by atoms with Crippen LogP contribution in [0.1, 0.15) is 0 Å². The predicted molar refractivity (Wildman–Crippen MR) is 70.8 cm³/mol. The number of non-ortho nitro benzene ring substituents is 1. The topological polar surface area (TPSA) is 83.5 Å². The number of hydrogen-bond donors (Lipinski definition) is 1. The molecule has 0 unspecified atom stereocenters. The summed E-state index contributed by atoms with van der Waals surface area (Å²) in [6.45, 7) is 0. The van der Waals surface area contributed by atoms with Crippen molar-refractivity contribution in [3.8, 4) is 11.1 Å². The van der Waals surface area contributed by atoms with E-state index in [1.54, 1.807) is 24.3 Å². The van der Waals surface area contributed by atoms with E-state index in [0.717, 1.165) is 0 Å². The molecule has 0 saturated heterocycles. The molecule has 0 radical (unpaired) electrons. The number of hydrogen-bond acceptors (Lipinski definition) is 3. The molecule has 0 aromatic heterocycles. The molecular formula is C12H10N2NaO4+. The van der Waals surface area contributed by atoms with Crippen molar-refractivity contribution < 1.29 is 15.1 Å². The van der Waals surface area contributed by atoms with Gasteiger partial charge in [-0.2, -0.15) is 0 Å². The molecule has 0 saturated carbocycles. The Morgan fingerprint density at radius 1 is 0.895 bits per heavy atom. The molecule has 7 heteroatoms. The molecule has 0 amide bonds. The van der Waals surface area contributed by atoms with E-state index in [0.29, 0.717) is 11.1 Å². The minimum absolute atomic E-state index is 0. The quantitative estimate of drug-likeness (QED) is 0.527. The second kappa shape index (κ2) is 6.42. The summed E-state index contributed by atoms with van der Waals surface area (Å²) in [6.07, 6.45) is 0. The van der Waals surface area contributed by atoms with E-state index in [1.165, 1.54) is 24.3 Å². The average Bonchev–Trinajstić information content (AvgIpc) is 2.39. The number of nitrogens with zero attached hydrogens (tertiary/aromatic N) is 2. The van der Waals surface area contributed by atoms with E-state index in [9.17, 15) is 15.0 Å². The summed E-state index contributed by atoms with van der Waals surface area (Å²) in [4.78, 5) is 20.7. The molecular weight excluding hydrogens is 259 g/mol. The second-order valence-electron chi connectivity index (χ2n) is 3.63. The maximum absolute atomic E-state index is 10.8. The van der Waals surface area contributed by atoms with Gasteiger partial charge in [0.2, 0.25) is 0 Å². The Balaban J connectivity index is 0.00000180. The standard InChI is InChI=1S/C12H9N2O4.Na.H/c15-13(16)11-5-1-3-9(7-11)10-4-2-6-12(8-10)14(17)18;;/h1-8H,(H,15,16);;/q+1;;. The second-order valence-corrected chi connectivity index (χ2v) is 3.63. The van der Waals surface area contributed by atoms with Crippen LogP contribution < -0.4 is 0 Å².